The first-order chi connectivity index (χ1) is 12.6. The van der Waals surface area contributed by atoms with E-state index in [1.165, 1.54) is 12.1 Å². The molecule has 0 aliphatic rings. The number of halogens is 4. The van der Waals surface area contributed by atoms with Crippen molar-refractivity contribution in [1.29, 1.82) is 0 Å². The summed E-state index contributed by atoms with van der Waals surface area (Å²) in [5.41, 5.74) is 1.60. The fourth-order valence-corrected chi connectivity index (χ4v) is 4.81. The lowest BCUT2D eigenvalue weighted by molar-refractivity contribution is -0.139. The Morgan fingerprint density at radius 3 is 2.48 bits per heavy atom. The molecule has 3 aromatic rings. The zero-order valence-corrected chi connectivity index (χ0v) is 16.8. The van der Waals surface area contributed by atoms with Crippen LogP contribution in [0.2, 0.25) is 0 Å². The van der Waals surface area contributed by atoms with Gasteiger partial charge in [-0.2, -0.15) is 21.9 Å². The highest BCUT2D eigenvalue weighted by atomic mass is 79.9. The minimum Gasteiger partial charge on any atom is -0.212 e. The molecule has 1 N–H and O–H groups in total. The first-order valence-electron chi connectivity index (χ1n) is 7.65. The Labute approximate surface area is 166 Å². The molecule has 1 unspecified atom stereocenters. The lowest BCUT2D eigenvalue weighted by Crippen LogP contribution is -2.32. The molecule has 3 rings (SSSR count). The van der Waals surface area contributed by atoms with Gasteiger partial charge in [0.25, 0.3) is 0 Å². The predicted molar refractivity (Wildman–Crippen MR) is 101 cm³/mol. The average Bonchev–Trinajstić information content (AvgIpc) is 3.03. The molecular weight excluding hydrogens is 467 g/mol. The van der Waals surface area contributed by atoms with E-state index in [4.69, 9.17) is 0 Å². The monoisotopic (exact) mass is 479 g/mol. The van der Waals surface area contributed by atoms with Crippen LogP contribution < -0.4 is 4.72 Å². The van der Waals surface area contributed by atoms with E-state index in [2.05, 4.69) is 29.4 Å². The quantitative estimate of drug-likeness (QED) is 0.562. The summed E-state index contributed by atoms with van der Waals surface area (Å²) in [5.74, 6) is -0.485. The molecule has 0 spiro atoms. The second-order valence-electron chi connectivity index (χ2n) is 5.85. The Kier molecular flexibility index (Phi) is 5.84. The van der Waals surface area contributed by atoms with Crippen molar-refractivity contribution in [1.82, 2.24) is 13.5 Å². The van der Waals surface area contributed by atoms with E-state index in [0.717, 1.165) is 11.7 Å². The van der Waals surface area contributed by atoms with Crippen LogP contribution in [0.3, 0.4) is 0 Å². The van der Waals surface area contributed by atoms with E-state index in [1.807, 2.05) is 0 Å². The van der Waals surface area contributed by atoms with Gasteiger partial charge in [0.2, 0.25) is 10.0 Å². The van der Waals surface area contributed by atoms with Crippen molar-refractivity contribution < 1.29 is 21.6 Å². The Bertz CT molecular complexity index is 1040. The van der Waals surface area contributed by atoms with Crippen molar-refractivity contribution in [3.8, 4) is 0 Å². The summed E-state index contributed by atoms with van der Waals surface area (Å²) in [7, 11) is -4.06. The van der Waals surface area contributed by atoms with Crippen molar-refractivity contribution in [2.24, 2.45) is 0 Å². The number of alkyl halides is 3. The molecule has 144 valence electrons. The van der Waals surface area contributed by atoms with Gasteiger partial charge >= 0.3 is 6.18 Å². The maximum absolute atomic E-state index is 13.0. The van der Waals surface area contributed by atoms with Crippen molar-refractivity contribution >= 4 is 48.7 Å². The molecule has 5 nitrogen and oxygen atoms in total. The molecule has 0 amide bonds. The number of aromatic nitrogens is 2. The third-order valence-corrected chi connectivity index (χ3v) is 6.15. The number of sulfonamides is 1. The van der Waals surface area contributed by atoms with Crippen molar-refractivity contribution in [3.05, 3.63) is 58.1 Å². The van der Waals surface area contributed by atoms with E-state index < -0.39 is 34.4 Å². The molecule has 0 saturated carbocycles. The van der Waals surface area contributed by atoms with Crippen molar-refractivity contribution in [2.45, 2.75) is 24.4 Å². The molecule has 0 saturated heterocycles. The lowest BCUT2D eigenvalue weighted by Gasteiger charge is -2.21. The van der Waals surface area contributed by atoms with Crippen molar-refractivity contribution in [2.75, 3.05) is 0 Å². The van der Waals surface area contributed by atoms with Crippen LogP contribution in [0.15, 0.2) is 46.9 Å². The van der Waals surface area contributed by atoms with Gasteiger partial charge in [-0.05, 0) is 29.3 Å². The normalized spacial score (nSPS) is 13.8. The van der Waals surface area contributed by atoms with Gasteiger partial charge < -0.3 is 0 Å². The molecular formula is C16H13BrF3N3O2S2. The molecule has 0 bridgehead atoms. The van der Waals surface area contributed by atoms with E-state index in [-0.39, 0.29) is 5.56 Å². The van der Waals surface area contributed by atoms with Gasteiger partial charge in [-0.3, -0.25) is 0 Å². The molecule has 27 heavy (non-hydrogen) atoms. The summed E-state index contributed by atoms with van der Waals surface area (Å²) >= 11 is 4.15. The number of rotatable bonds is 6. The Morgan fingerprint density at radius 1 is 1.11 bits per heavy atom. The summed E-state index contributed by atoms with van der Waals surface area (Å²) in [5, 5.41) is 0. The SMILES string of the molecule is O=S(=O)(Cc1cccc2nsnc12)NC(CC(F)(F)F)c1ccc(Br)cc1. The molecule has 1 heterocycles. The van der Waals surface area contributed by atoms with Gasteiger partial charge in [0.15, 0.2) is 0 Å². The summed E-state index contributed by atoms with van der Waals surface area (Å²) < 4.78 is 75.0. The number of hydrogen-bond acceptors (Lipinski definition) is 5. The van der Waals surface area contributed by atoms with Gasteiger partial charge in [-0.25, -0.2) is 13.1 Å². The molecule has 0 aliphatic carbocycles. The molecule has 0 aliphatic heterocycles. The highest BCUT2D eigenvalue weighted by Crippen LogP contribution is 2.31. The summed E-state index contributed by atoms with van der Waals surface area (Å²) in [6.07, 6.45) is -5.84. The van der Waals surface area contributed by atoms with Crippen LogP contribution in [0.4, 0.5) is 13.2 Å². The molecule has 1 aromatic heterocycles. The van der Waals surface area contributed by atoms with Gasteiger partial charge in [0.05, 0.1) is 29.9 Å². The maximum atomic E-state index is 13.0. The van der Waals surface area contributed by atoms with Crippen LogP contribution in [-0.4, -0.2) is 23.3 Å². The minimum absolute atomic E-state index is 0.229. The molecule has 0 fully saturated rings. The smallest absolute Gasteiger partial charge is 0.212 e. The Balaban J connectivity index is 1.87. The van der Waals surface area contributed by atoms with Crippen LogP contribution in [0, 0.1) is 0 Å². The standard InChI is InChI=1S/C16H13BrF3N3O2S2/c17-12-6-4-10(5-7-12)14(8-16(18,19)20)23-27(24,25)9-11-2-1-3-13-15(11)22-26-21-13/h1-7,14,23H,8-9H2. The minimum atomic E-state index is -4.53. The second-order valence-corrected chi connectivity index (χ2v) is 9.05. The van der Waals surface area contributed by atoms with Gasteiger partial charge in [-0.1, -0.05) is 40.2 Å². The third kappa shape index (κ3) is 5.47. The summed E-state index contributed by atoms with van der Waals surface area (Å²) in [6.45, 7) is 0. The van der Waals surface area contributed by atoms with Crippen LogP contribution in [0.5, 0.6) is 0 Å². The fourth-order valence-electron chi connectivity index (χ4n) is 2.60. The predicted octanol–water partition coefficient (Wildman–Crippen LogP) is 4.57. The van der Waals surface area contributed by atoms with Gasteiger partial charge in [0, 0.05) is 4.47 Å². The fraction of sp³-hybridized carbons (Fsp3) is 0.250. The molecule has 0 radical (unpaired) electrons. The molecule has 11 heteroatoms. The zero-order valence-electron chi connectivity index (χ0n) is 13.6. The van der Waals surface area contributed by atoms with E-state index in [9.17, 15) is 21.6 Å². The molecule has 1 atom stereocenters. The zero-order chi connectivity index (χ0) is 19.7. The largest absolute Gasteiger partial charge is 0.390 e. The number of nitrogens with zero attached hydrogens (tertiary/aromatic N) is 2. The van der Waals surface area contributed by atoms with Crippen LogP contribution in [0.25, 0.3) is 11.0 Å². The average molecular weight is 480 g/mol. The number of fused-ring (bicyclic) bond motifs is 1. The van der Waals surface area contributed by atoms with Crippen LogP contribution in [0.1, 0.15) is 23.6 Å². The van der Waals surface area contributed by atoms with Gasteiger partial charge in [0.1, 0.15) is 11.0 Å². The van der Waals surface area contributed by atoms with E-state index in [0.29, 0.717) is 21.1 Å². The van der Waals surface area contributed by atoms with Crippen LogP contribution >= 0.6 is 27.7 Å². The van der Waals surface area contributed by atoms with E-state index >= 15 is 0 Å². The van der Waals surface area contributed by atoms with Crippen molar-refractivity contribution in [3.63, 3.8) is 0 Å². The van der Waals surface area contributed by atoms with Crippen LogP contribution in [-0.2, 0) is 15.8 Å². The second kappa shape index (κ2) is 7.82. The lowest BCUT2D eigenvalue weighted by atomic mass is 10.0. The number of hydrogen-bond donors (Lipinski definition) is 1. The number of benzene rings is 2. The Morgan fingerprint density at radius 2 is 1.81 bits per heavy atom. The topological polar surface area (TPSA) is 72.0 Å². The maximum Gasteiger partial charge on any atom is 0.390 e. The highest BCUT2D eigenvalue weighted by molar-refractivity contribution is 9.10. The van der Waals surface area contributed by atoms with E-state index in [1.54, 1.807) is 30.3 Å². The molecule has 2 aromatic carbocycles. The number of nitrogens with one attached hydrogen (secondary N) is 1. The Hall–Kier alpha value is -1.56. The third-order valence-electron chi connectivity index (χ3n) is 3.74. The van der Waals surface area contributed by atoms with Gasteiger partial charge in [-0.15, -0.1) is 0 Å². The summed E-state index contributed by atoms with van der Waals surface area (Å²) in [4.78, 5) is 0. The highest BCUT2D eigenvalue weighted by Gasteiger charge is 2.34. The first kappa shape index (κ1) is 20.2. The first-order valence-corrected chi connectivity index (χ1v) is 10.8. The summed E-state index contributed by atoms with van der Waals surface area (Å²) in [6, 6.07) is 9.51.